The third kappa shape index (κ3) is 5.75. The van der Waals surface area contributed by atoms with Crippen molar-refractivity contribution in [3.8, 4) is 17.2 Å². The van der Waals surface area contributed by atoms with Gasteiger partial charge in [-0.15, -0.1) is 0 Å². The van der Waals surface area contributed by atoms with Gasteiger partial charge in [-0.1, -0.05) is 18.2 Å². The Labute approximate surface area is 185 Å². The molecule has 2 aliphatic rings. The van der Waals surface area contributed by atoms with E-state index in [-0.39, 0.29) is 32.5 Å². The van der Waals surface area contributed by atoms with E-state index in [4.69, 9.17) is 33.2 Å². The highest BCUT2D eigenvalue weighted by molar-refractivity contribution is 5.62. The van der Waals surface area contributed by atoms with Crippen molar-refractivity contribution in [2.24, 2.45) is 0 Å². The quantitative estimate of drug-likeness (QED) is 0.511. The van der Waals surface area contributed by atoms with Gasteiger partial charge in [0.2, 0.25) is 0 Å². The molecule has 0 spiro atoms. The molecule has 0 radical (unpaired) electrons. The number of hydrogen-bond donors (Lipinski definition) is 0. The van der Waals surface area contributed by atoms with Gasteiger partial charge in [0, 0.05) is 0 Å². The third-order valence-electron chi connectivity index (χ3n) is 5.01. The van der Waals surface area contributed by atoms with Crippen molar-refractivity contribution in [1.29, 1.82) is 0 Å². The normalized spacial score (nSPS) is 19.5. The maximum atomic E-state index is 11.0. The van der Waals surface area contributed by atoms with Crippen LogP contribution in [0.5, 0.6) is 17.2 Å². The van der Waals surface area contributed by atoms with E-state index in [2.05, 4.69) is 0 Å². The highest BCUT2D eigenvalue weighted by Crippen LogP contribution is 2.29. The zero-order chi connectivity index (χ0) is 22.3. The zero-order valence-electron chi connectivity index (χ0n) is 17.6. The number of carbonyl (C=O) groups excluding carboxylic acids is 2. The minimum atomic E-state index is -0.672. The molecule has 2 heterocycles. The monoisotopic (exact) mass is 444 g/mol. The van der Waals surface area contributed by atoms with Gasteiger partial charge in [0.05, 0.1) is 7.11 Å². The molecule has 0 amide bonds. The van der Waals surface area contributed by atoms with E-state index in [1.807, 2.05) is 42.5 Å². The molecule has 0 aliphatic carbocycles. The van der Waals surface area contributed by atoms with Crippen LogP contribution in [0.15, 0.2) is 42.5 Å². The second-order valence-electron chi connectivity index (χ2n) is 7.35. The van der Waals surface area contributed by atoms with Gasteiger partial charge in [-0.2, -0.15) is 0 Å². The molecule has 2 aromatic rings. The van der Waals surface area contributed by atoms with Gasteiger partial charge in [-0.25, -0.2) is 9.59 Å². The summed E-state index contributed by atoms with van der Waals surface area (Å²) in [5.41, 5.74) is 2.27. The van der Waals surface area contributed by atoms with Crippen LogP contribution in [0, 0.1) is 0 Å². The van der Waals surface area contributed by atoms with E-state index in [1.54, 1.807) is 7.11 Å². The number of hydrogen-bond acceptors (Lipinski definition) is 9. The molecule has 2 fully saturated rings. The number of ether oxygens (including phenoxy) is 7. The second-order valence-corrected chi connectivity index (χ2v) is 7.35. The minimum Gasteiger partial charge on any atom is -0.493 e. The number of benzene rings is 2. The van der Waals surface area contributed by atoms with Crippen molar-refractivity contribution >= 4 is 12.3 Å². The zero-order valence-corrected chi connectivity index (χ0v) is 17.6. The molecule has 0 saturated carbocycles. The molecule has 2 aromatic carbocycles. The van der Waals surface area contributed by atoms with E-state index < -0.39 is 18.4 Å². The average Bonchev–Trinajstić information content (AvgIpc) is 3.43. The molecule has 0 N–H and O–H groups in total. The van der Waals surface area contributed by atoms with Gasteiger partial charge >= 0.3 is 12.3 Å². The summed E-state index contributed by atoms with van der Waals surface area (Å²) < 4.78 is 36.2. The summed E-state index contributed by atoms with van der Waals surface area (Å²) in [6.45, 7) is 0.861. The van der Waals surface area contributed by atoms with Crippen molar-refractivity contribution in [3.63, 3.8) is 0 Å². The Morgan fingerprint density at radius 2 is 1.38 bits per heavy atom. The van der Waals surface area contributed by atoms with E-state index >= 15 is 0 Å². The summed E-state index contributed by atoms with van der Waals surface area (Å²) in [5, 5.41) is 0. The first-order valence-corrected chi connectivity index (χ1v) is 10.3. The van der Waals surface area contributed by atoms with Gasteiger partial charge in [0.15, 0.2) is 23.7 Å². The van der Waals surface area contributed by atoms with Gasteiger partial charge in [0.25, 0.3) is 0 Å². The van der Waals surface area contributed by atoms with Gasteiger partial charge in [-0.05, 0) is 48.2 Å². The number of methoxy groups -OCH3 is 1. The van der Waals surface area contributed by atoms with Crippen LogP contribution in [0.3, 0.4) is 0 Å². The Balaban J connectivity index is 1.25. The van der Waals surface area contributed by atoms with Gasteiger partial charge in [0.1, 0.15) is 32.2 Å². The smallest absolute Gasteiger partial charge is 0.493 e. The minimum absolute atomic E-state index is 0.186. The molecule has 0 bridgehead atoms. The van der Waals surface area contributed by atoms with Crippen LogP contribution >= 0.6 is 0 Å². The molecule has 2 atom stereocenters. The van der Waals surface area contributed by atoms with Crippen LogP contribution in [0.2, 0.25) is 0 Å². The first-order valence-electron chi connectivity index (χ1n) is 10.3. The fraction of sp³-hybridized carbons (Fsp3) is 0.391. The van der Waals surface area contributed by atoms with Gasteiger partial charge in [-0.3, -0.25) is 0 Å². The van der Waals surface area contributed by atoms with E-state index in [0.717, 1.165) is 24.0 Å². The molecule has 9 nitrogen and oxygen atoms in total. The number of carbonyl (C=O) groups is 2. The fourth-order valence-corrected chi connectivity index (χ4v) is 3.29. The highest BCUT2D eigenvalue weighted by Gasteiger charge is 2.26. The van der Waals surface area contributed by atoms with Crippen LogP contribution in [0.1, 0.15) is 11.1 Å². The molecule has 4 rings (SSSR count). The molecular weight excluding hydrogens is 420 g/mol. The summed E-state index contributed by atoms with van der Waals surface area (Å²) in [6.07, 6.45) is -0.451. The van der Waals surface area contributed by atoms with Crippen molar-refractivity contribution < 1.29 is 42.7 Å². The summed E-state index contributed by atoms with van der Waals surface area (Å²) in [5.74, 6) is 1.91. The van der Waals surface area contributed by atoms with Crippen molar-refractivity contribution in [2.45, 2.75) is 25.0 Å². The predicted molar refractivity (Wildman–Crippen MR) is 110 cm³/mol. The Kier molecular flexibility index (Phi) is 6.84. The Morgan fingerprint density at radius 3 is 1.97 bits per heavy atom. The van der Waals surface area contributed by atoms with Crippen LogP contribution in [-0.4, -0.2) is 58.1 Å². The number of rotatable bonds is 10. The summed E-state index contributed by atoms with van der Waals surface area (Å²) in [4.78, 5) is 21.9. The van der Waals surface area contributed by atoms with Crippen molar-refractivity contribution in [2.75, 3.05) is 33.5 Å². The van der Waals surface area contributed by atoms with E-state index in [9.17, 15) is 9.59 Å². The lowest BCUT2D eigenvalue weighted by Crippen LogP contribution is -2.20. The predicted octanol–water partition coefficient (Wildman–Crippen LogP) is 3.31. The molecule has 2 saturated heterocycles. The first kappa shape index (κ1) is 21.6. The molecule has 170 valence electrons. The molecule has 0 aromatic heterocycles. The van der Waals surface area contributed by atoms with Crippen LogP contribution in [0.4, 0.5) is 9.59 Å². The Hall–Kier alpha value is -3.62. The topological polar surface area (TPSA) is 98.8 Å². The third-order valence-corrected chi connectivity index (χ3v) is 5.01. The van der Waals surface area contributed by atoms with Crippen molar-refractivity contribution in [1.82, 2.24) is 0 Å². The maximum Gasteiger partial charge on any atom is 0.508 e. The molecule has 32 heavy (non-hydrogen) atoms. The van der Waals surface area contributed by atoms with Crippen LogP contribution < -0.4 is 14.2 Å². The van der Waals surface area contributed by atoms with Crippen molar-refractivity contribution in [3.05, 3.63) is 53.6 Å². The van der Waals surface area contributed by atoms with Crippen LogP contribution in [-0.2, 0) is 31.8 Å². The maximum absolute atomic E-state index is 11.0. The summed E-state index contributed by atoms with van der Waals surface area (Å²) in [7, 11) is 1.59. The van der Waals surface area contributed by atoms with E-state index in [1.165, 1.54) is 0 Å². The second kappa shape index (κ2) is 10.1. The standard InChI is InChI=1S/C23H24O9/c1-26-21-10-16(6-9-20(21)28-12-19-14-30-23(25)32-19)3-2-15-4-7-17(8-5-15)27-11-18-13-29-22(24)31-18/h4-10,18-19H,2-3,11-14H2,1H3. The number of cyclic esters (lactones) is 4. The van der Waals surface area contributed by atoms with Gasteiger partial charge < -0.3 is 33.2 Å². The average molecular weight is 444 g/mol. The molecule has 9 heteroatoms. The molecular formula is C23H24O9. The highest BCUT2D eigenvalue weighted by atomic mass is 16.8. The first-order chi connectivity index (χ1) is 15.6. The molecule has 2 unspecified atom stereocenters. The SMILES string of the molecule is COc1cc(CCc2ccc(OCC3COC(=O)O3)cc2)ccc1OCC1COC(=O)O1. The van der Waals surface area contributed by atoms with E-state index in [0.29, 0.717) is 17.2 Å². The van der Waals surface area contributed by atoms with Crippen LogP contribution in [0.25, 0.3) is 0 Å². The summed E-state index contributed by atoms with van der Waals surface area (Å²) in [6, 6.07) is 13.6. The lowest BCUT2D eigenvalue weighted by molar-refractivity contribution is 0.0971. The Morgan fingerprint density at radius 1 is 0.781 bits per heavy atom. The lowest BCUT2D eigenvalue weighted by Gasteiger charge is -2.14. The summed E-state index contributed by atoms with van der Waals surface area (Å²) >= 11 is 0. The lowest BCUT2D eigenvalue weighted by atomic mass is 10.0. The Bertz CT molecular complexity index is 941. The fourth-order valence-electron chi connectivity index (χ4n) is 3.29. The molecule has 2 aliphatic heterocycles. The number of aryl methyl sites for hydroxylation is 2. The largest absolute Gasteiger partial charge is 0.508 e.